The average Bonchev–Trinajstić information content (AvgIpc) is 3.26. The first-order valence-electron chi connectivity index (χ1n) is 8.86. The van der Waals surface area contributed by atoms with Gasteiger partial charge in [-0.1, -0.05) is 41.7 Å². The molecule has 0 saturated carbocycles. The van der Waals surface area contributed by atoms with Gasteiger partial charge in [-0.05, 0) is 30.3 Å². The maximum absolute atomic E-state index is 11.7. The molecule has 3 aromatic heterocycles. The van der Waals surface area contributed by atoms with Crippen LogP contribution in [0.15, 0.2) is 65.5 Å². The van der Waals surface area contributed by atoms with Crippen molar-refractivity contribution in [1.29, 1.82) is 0 Å². The fourth-order valence-electron chi connectivity index (χ4n) is 3.29. The van der Waals surface area contributed by atoms with Crippen LogP contribution in [0.4, 0.5) is 5.82 Å². The maximum atomic E-state index is 11.7. The number of hydrogen-bond donors (Lipinski definition) is 1. The number of hydrogen-bond acceptors (Lipinski definition) is 5. The molecule has 138 valence electrons. The number of anilines is 1. The highest BCUT2D eigenvalue weighted by atomic mass is 32.1. The minimum atomic E-state index is -0.0565. The van der Waals surface area contributed by atoms with Gasteiger partial charge in [-0.25, -0.2) is 9.97 Å². The number of nitrogens with one attached hydrogen (secondary N) is 1. The van der Waals surface area contributed by atoms with Crippen LogP contribution in [0, 0.1) is 0 Å². The molecule has 0 bridgehead atoms. The summed E-state index contributed by atoms with van der Waals surface area (Å²) in [4.78, 5) is 26.2. The summed E-state index contributed by atoms with van der Waals surface area (Å²) in [6.45, 7) is 0. The normalized spacial score (nSPS) is 11.4. The van der Waals surface area contributed by atoms with Crippen LogP contribution in [-0.2, 0) is 0 Å². The molecular weight excluding hydrogens is 370 g/mol. The highest BCUT2D eigenvalue weighted by Gasteiger charge is 2.17. The Morgan fingerprint density at radius 1 is 1.00 bits per heavy atom. The Hall–Kier alpha value is -3.45. The molecule has 0 aliphatic carbocycles. The second kappa shape index (κ2) is 6.31. The van der Waals surface area contributed by atoms with Crippen LogP contribution in [0.2, 0.25) is 0 Å². The standard InChI is InChI=1S/C21H17N5OS/c1-25(2)18-11-10-16-20(24-18)26(19(22-16)13-6-4-3-5-7-13)14-8-9-15-17(12-14)28-21(27)23-15/h3-12H,1-2H3,(H,23,27). The molecule has 6 nitrogen and oxygen atoms in total. The molecule has 0 spiro atoms. The molecule has 0 aliphatic heterocycles. The van der Waals surface area contributed by atoms with E-state index >= 15 is 0 Å². The van der Waals surface area contributed by atoms with Gasteiger partial charge in [-0.2, -0.15) is 0 Å². The molecule has 7 heteroatoms. The summed E-state index contributed by atoms with van der Waals surface area (Å²) >= 11 is 1.21. The van der Waals surface area contributed by atoms with E-state index in [2.05, 4.69) is 9.55 Å². The van der Waals surface area contributed by atoms with Crippen molar-refractivity contribution in [3.8, 4) is 17.1 Å². The van der Waals surface area contributed by atoms with Crippen molar-refractivity contribution >= 4 is 38.5 Å². The number of pyridine rings is 1. The number of rotatable bonds is 3. The van der Waals surface area contributed by atoms with Crippen molar-refractivity contribution in [2.75, 3.05) is 19.0 Å². The minimum absolute atomic E-state index is 0.0565. The van der Waals surface area contributed by atoms with E-state index in [1.807, 2.05) is 79.7 Å². The lowest BCUT2D eigenvalue weighted by atomic mass is 10.2. The molecule has 1 N–H and O–H groups in total. The molecule has 2 aromatic carbocycles. The maximum Gasteiger partial charge on any atom is 0.305 e. The summed E-state index contributed by atoms with van der Waals surface area (Å²) < 4.78 is 2.97. The number of aromatic amines is 1. The Morgan fingerprint density at radius 3 is 2.61 bits per heavy atom. The predicted octanol–water partition coefficient (Wildman–Crippen LogP) is 4.06. The second-order valence-electron chi connectivity index (χ2n) is 6.74. The smallest absolute Gasteiger partial charge is 0.305 e. The van der Waals surface area contributed by atoms with Gasteiger partial charge in [0.05, 0.1) is 15.9 Å². The summed E-state index contributed by atoms with van der Waals surface area (Å²) in [5.74, 6) is 1.68. The van der Waals surface area contributed by atoms with Gasteiger partial charge in [0.15, 0.2) is 5.65 Å². The summed E-state index contributed by atoms with van der Waals surface area (Å²) in [6, 6.07) is 20.0. The van der Waals surface area contributed by atoms with E-state index in [9.17, 15) is 4.79 Å². The molecular formula is C21H17N5OS. The van der Waals surface area contributed by atoms with Gasteiger partial charge in [-0.3, -0.25) is 9.36 Å². The summed E-state index contributed by atoms with van der Waals surface area (Å²) in [5.41, 5.74) is 4.38. The van der Waals surface area contributed by atoms with Crippen LogP contribution in [0.5, 0.6) is 0 Å². The van der Waals surface area contributed by atoms with Gasteiger partial charge in [0.1, 0.15) is 17.2 Å². The molecule has 0 aliphatic rings. The molecule has 0 fully saturated rings. The second-order valence-corrected chi connectivity index (χ2v) is 7.75. The Kier molecular flexibility index (Phi) is 3.77. The largest absolute Gasteiger partial charge is 0.363 e. The van der Waals surface area contributed by atoms with Crippen molar-refractivity contribution in [3.05, 3.63) is 70.3 Å². The lowest BCUT2D eigenvalue weighted by Crippen LogP contribution is -2.10. The number of fused-ring (bicyclic) bond motifs is 2. The van der Waals surface area contributed by atoms with Crippen molar-refractivity contribution in [2.24, 2.45) is 0 Å². The zero-order valence-electron chi connectivity index (χ0n) is 15.4. The van der Waals surface area contributed by atoms with Crippen molar-refractivity contribution < 1.29 is 0 Å². The van der Waals surface area contributed by atoms with E-state index in [4.69, 9.17) is 9.97 Å². The van der Waals surface area contributed by atoms with Crippen molar-refractivity contribution in [3.63, 3.8) is 0 Å². The third-order valence-corrected chi connectivity index (χ3v) is 5.49. The monoisotopic (exact) mass is 387 g/mol. The lowest BCUT2D eigenvalue weighted by molar-refractivity contribution is 1.04. The van der Waals surface area contributed by atoms with Gasteiger partial charge < -0.3 is 9.88 Å². The fraction of sp³-hybridized carbons (Fsp3) is 0.0952. The highest BCUT2D eigenvalue weighted by molar-refractivity contribution is 7.16. The van der Waals surface area contributed by atoms with E-state index in [1.165, 1.54) is 11.3 Å². The number of H-pyrrole nitrogens is 1. The highest BCUT2D eigenvalue weighted by Crippen LogP contribution is 2.30. The van der Waals surface area contributed by atoms with E-state index in [0.29, 0.717) is 0 Å². The van der Waals surface area contributed by atoms with Crippen LogP contribution in [0.3, 0.4) is 0 Å². The quantitative estimate of drug-likeness (QED) is 0.507. The fourth-order valence-corrected chi connectivity index (χ4v) is 4.06. The molecule has 0 saturated heterocycles. The summed E-state index contributed by atoms with van der Waals surface area (Å²) in [6.07, 6.45) is 0. The Balaban J connectivity index is 1.84. The third kappa shape index (κ3) is 2.68. The van der Waals surface area contributed by atoms with Gasteiger partial charge in [0, 0.05) is 19.7 Å². The van der Waals surface area contributed by atoms with Crippen molar-refractivity contribution in [1.82, 2.24) is 19.5 Å². The molecule has 0 amide bonds. The Labute approximate surface area is 164 Å². The van der Waals surface area contributed by atoms with E-state index in [0.717, 1.165) is 44.3 Å². The summed E-state index contributed by atoms with van der Waals surface area (Å²) in [7, 11) is 3.94. The first kappa shape index (κ1) is 16.7. The predicted molar refractivity (Wildman–Crippen MR) is 115 cm³/mol. The zero-order chi connectivity index (χ0) is 19.3. The van der Waals surface area contributed by atoms with Crippen LogP contribution in [0.25, 0.3) is 38.5 Å². The number of benzene rings is 2. The third-order valence-electron chi connectivity index (χ3n) is 4.64. The van der Waals surface area contributed by atoms with E-state index < -0.39 is 0 Å². The SMILES string of the molecule is CN(C)c1ccc2nc(-c3ccccc3)n(-c3ccc4[nH]c(=O)sc4c3)c2n1. The molecule has 28 heavy (non-hydrogen) atoms. The zero-order valence-corrected chi connectivity index (χ0v) is 16.2. The lowest BCUT2D eigenvalue weighted by Gasteiger charge is -2.12. The molecule has 5 rings (SSSR count). The number of thiazole rings is 1. The van der Waals surface area contributed by atoms with Crippen LogP contribution in [-0.4, -0.2) is 33.6 Å². The van der Waals surface area contributed by atoms with Crippen LogP contribution >= 0.6 is 11.3 Å². The average molecular weight is 387 g/mol. The van der Waals surface area contributed by atoms with Gasteiger partial charge in [0.2, 0.25) is 0 Å². The van der Waals surface area contributed by atoms with E-state index in [1.54, 1.807) is 0 Å². The Bertz CT molecular complexity index is 1360. The Morgan fingerprint density at radius 2 is 1.82 bits per heavy atom. The molecule has 0 radical (unpaired) electrons. The molecule has 3 heterocycles. The summed E-state index contributed by atoms with van der Waals surface area (Å²) in [5, 5.41) is 0. The van der Waals surface area contributed by atoms with E-state index in [-0.39, 0.29) is 4.87 Å². The van der Waals surface area contributed by atoms with Crippen LogP contribution < -0.4 is 9.77 Å². The van der Waals surface area contributed by atoms with Crippen molar-refractivity contribution in [2.45, 2.75) is 0 Å². The minimum Gasteiger partial charge on any atom is -0.363 e. The molecule has 0 unspecified atom stereocenters. The van der Waals surface area contributed by atoms with Gasteiger partial charge in [0.25, 0.3) is 0 Å². The molecule has 0 atom stereocenters. The molecule has 5 aromatic rings. The van der Waals surface area contributed by atoms with Gasteiger partial charge in [-0.15, -0.1) is 0 Å². The number of nitrogens with zero attached hydrogens (tertiary/aromatic N) is 4. The van der Waals surface area contributed by atoms with Gasteiger partial charge >= 0.3 is 4.87 Å². The number of imidazole rings is 1. The first-order valence-corrected chi connectivity index (χ1v) is 9.67. The topological polar surface area (TPSA) is 66.8 Å². The number of aromatic nitrogens is 4. The first-order chi connectivity index (χ1) is 13.6. The van der Waals surface area contributed by atoms with Crippen LogP contribution in [0.1, 0.15) is 0 Å².